The van der Waals surface area contributed by atoms with Crippen LogP contribution in [0.3, 0.4) is 0 Å². The van der Waals surface area contributed by atoms with Crippen molar-refractivity contribution in [2.75, 3.05) is 0 Å². The van der Waals surface area contributed by atoms with Crippen LogP contribution in [0.25, 0.3) is 11.3 Å². The minimum absolute atomic E-state index is 0.498. The maximum Gasteiger partial charge on any atom is 0.0883 e. The molecule has 0 aliphatic carbocycles. The van der Waals surface area contributed by atoms with Crippen LogP contribution in [0.1, 0.15) is 11.1 Å². The van der Waals surface area contributed by atoms with Gasteiger partial charge in [0.1, 0.15) is 0 Å². The summed E-state index contributed by atoms with van der Waals surface area (Å²) in [5.41, 5.74) is 2.60. The molecule has 0 spiro atoms. The summed E-state index contributed by atoms with van der Waals surface area (Å²) in [6.07, 6.45) is 2.33. The van der Waals surface area contributed by atoms with Crippen LogP contribution in [0.4, 0.5) is 0 Å². The Labute approximate surface area is 128 Å². The summed E-state index contributed by atoms with van der Waals surface area (Å²) in [7, 11) is -0.498. The fourth-order valence-corrected chi connectivity index (χ4v) is 4.09. The van der Waals surface area contributed by atoms with Crippen LogP contribution in [0.5, 0.6) is 0 Å². The minimum atomic E-state index is -0.498. The second-order valence-electron chi connectivity index (χ2n) is 5.03. The van der Waals surface area contributed by atoms with Crippen LogP contribution >= 0.6 is 0 Å². The predicted molar refractivity (Wildman–Crippen MR) is 94.2 cm³/mol. The van der Waals surface area contributed by atoms with Crippen LogP contribution < -0.4 is 5.19 Å². The number of benzene rings is 3. The third-order valence-electron chi connectivity index (χ3n) is 3.47. The number of rotatable bonds is 4. The maximum absolute atomic E-state index is 3.10. The van der Waals surface area contributed by atoms with Crippen LogP contribution in [-0.4, -0.2) is 9.52 Å². The Hall–Kier alpha value is -2.38. The minimum Gasteiger partial charge on any atom is -0.0627 e. The van der Waals surface area contributed by atoms with E-state index in [1.165, 1.54) is 21.5 Å². The zero-order valence-corrected chi connectivity index (χ0v) is 13.3. The molecule has 21 heavy (non-hydrogen) atoms. The Kier molecular flexibility index (Phi) is 4.44. The van der Waals surface area contributed by atoms with Gasteiger partial charge < -0.3 is 0 Å². The highest BCUT2D eigenvalue weighted by Gasteiger charge is 2.04. The van der Waals surface area contributed by atoms with Gasteiger partial charge >= 0.3 is 0 Å². The molecule has 0 fully saturated rings. The van der Waals surface area contributed by atoms with Crippen LogP contribution in [0, 0.1) is 6.07 Å². The normalized spacial score (nSPS) is 11.9. The highest BCUT2D eigenvalue weighted by Crippen LogP contribution is 2.17. The van der Waals surface area contributed by atoms with Crippen molar-refractivity contribution in [1.29, 1.82) is 0 Å². The molecule has 0 aliphatic rings. The van der Waals surface area contributed by atoms with Crippen molar-refractivity contribution in [3.8, 4) is 0 Å². The van der Waals surface area contributed by atoms with Gasteiger partial charge in [0.15, 0.2) is 0 Å². The average Bonchev–Trinajstić information content (AvgIpc) is 2.57. The van der Waals surface area contributed by atoms with Gasteiger partial charge in [-0.05, 0) is 17.2 Å². The van der Waals surface area contributed by atoms with Gasteiger partial charge in [-0.3, -0.25) is 0 Å². The Morgan fingerprint density at radius 3 is 2.05 bits per heavy atom. The quantitative estimate of drug-likeness (QED) is 0.508. The van der Waals surface area contributed by atoms with Crippen molar-refractivity contribution >= 4 is 26.0 Å². The molecule has 3 rings (SSSR count). The van der Waals surface area contributed by atoms with Gasteiger partial charge in [-0.1, -0.05) is 101 Å². The van der Waals surface area contributed by atoms with E-state index in [1.807, 2.05) is 12.1 Å². The molecule has 0 aliphatic heterocycles. The molecular weight excluding hydrogens is 268 g/mol. The summed E-state index contributed by atoms with van der Waals surface area (Å²) in [5, 5.41) is 2.91. The van der Waals surface area contributed by atoms with Crippen molar-refractivity contribution in [3.63, 3.8) is 0 Å². The molecule has 3 aromatic rings. The van der Waals surface area contributed by atoms with Crippen molar-refractivity contribution < 1.29 is 0 Å². The molecule has 0 saturated carbocycles. The van der Waals surface area contributed by atoms with Crippen LogP contribution in [-0.2, 0) is 0 Å². The van der Waals surface area contributed by atoms with Gasteiger partial charge in [-0.25, -0.2) is 0 Å². The van der Waals surface area contributed by atoms with Crippen LogP contribution in [0.2, 0.25) is 0 Å². The second-order valence-corrected chi connectivity index (χ2v) is 6.96. The van der Waals surface area contributed by atoms with E-state index in [1.54, 1.807) is 0 Å². The van der Waals surface area contributed by atoms with Gasteiger partial charge in [0.2, 0.25) is 0 Å². The summed E-state index contributed by atoms with van der Waals surface area (Å²) in [4.78, 5) is 0. The number of hydrogen-bond acceptors (Lipinski definition) is 0. The Morgan fingerprint density at radius 2 is 1.38 bits per heavy atom. The largest absolute Gasteiger partial charge is 0.0883 e. The van der Waals surface area contributed by atoms with E-state index < -0.39 is 9.52 Å². The van der Waals surface area contributed by atoms with Gasteiger partial charge in [0.05, 0.1) is 9.52 Å². The lowest BCUT2D eigenvalue weighted by Crippen LogP contribution is -2.15. The monoisotopic (exact) mass is 285 g/mol. The molecule has 0 saturated heterocycles. The average molecular weight is 285 g/mol. The summed E-state index contributed by atoms with van der Waals surface area (Å²) in [5.74, 6) is 0. The topological polar surface area (TPSA) is 0 Å². The summed E-state index contributed by atoms with van der Waals surface area (Å²) in [6.45, 7) is 0. The van der Waals surface area contributed by atoms with Crippen molar-refractivity contribution in [1.82, 2.24) is 0 Å². The van der Waals surface area contributed by atoms with Gasteiger partial charge in [0, 0.05) is 0 Å². The summed E-state index contributed by atoms with van der Waals surface area (Å²) < 4.78 is 0. The molecular formula is C20H17Si. The third kappa shape index (κ3) is 3.80. The standard InChI is InChI=1S/C20H17Si/c1-4-10-17(11-5-1)16-20(18-12-6-2-7-13-18)21-19-14-8-3-9-15-19/h1-2,4-16H,21H2. The highest BCUT2D eigenvalue weighted by atomic mass is 28.2. The molecule has 0 bridgehead atoms. The molecule has 3 aromatic carbocycles. The van der Waals surface area contributed by atoms with E-state index in [0.717, 1.165) is 0 Å². The zero-order chi connectivity index (χ0) is 14.3. The Balaban J connectivity index is 1.97. The predicted octanol–water partition coefficient (Wildman–Crippen LogP) is 3.48. The molecule has 0 heterocycles. The first kappa shape index (κ1) is 13.6. The lowest BCUT2D eigenvalue weighted by molar-refractivity contribution is 1.63. The number of hydrogen-bond donors (Lipinski definition) is 0. The fraction of sp³-hybridized carbons (Fsp3) is 0. The van der Waals surface area contributed by atoms with E-state index in [2.05, 4.69) is 84.9 Å². The SMILES string of the molecule is [c]1ccc([SiH2]C(=Cc2ccccc2)c2ccccc2)cc1. The molecule has 0 aromatic heterocycles. The van der Waals surface area contributed by atoms with E-state index in [-0.39, 0.29) is 0 Å². The molecule has 101 valence electrons. The first-order valence-corrected chi connectivity index (χ1v) is 8.59. The van der Waals surface area contributed by atoms with Crippen molar-refractivity contribution in [3.05, 3.63) is 102 Å². The zero-order valence-electron chi connectivity index (χ0n) is 11.9. The molecule has 0 amide bonds. The molecule has 0 nitrogen and oxygen atoms in total. The molecule has 0 N–H and O–H groups in total. The first-order chi connectivity index (χ1) is 10.4. The van der Waals surface area contributed by atoms with Gasteiger partial charge in [-0.15, -0.1) is 0 Å². The molecule has 0 atom stereocenters. The summed E-state index contributed by atoms with van der Waals surface area (Å²) >= 11 is 0. The van der Waals surface area contributed by atoms with E-state index in [4.69, 9.17) is 0 Å². The Bertz CT molecular complexity index is 701. The lowest BCUT2D eigenvalue weighted by Gasteiger charge is -2.08. The lowest BCUT2D eigenvalue weighted by atomic mass is 10.1. The molecule has 0 unspecified atom stereocenters. The fourth-order valence-electron chi connectivity index (χ4n) is 2.40. The molecule has 1 heteroatoms. The van der Waals surface area contributed by atoms with Crippen LogP contribution in [0.15, 0.2) is 84.9 Å². The van der Waals surface area contributed by atoms with Gasteiger partial charge in [0.25, 0.3) is 0 Å². The summed E-state index contributed by atoms with van der Waals surface area (Å²) in [6, 6.07) is 32.8. The second kappa shape index (κ2) is 6.87. The van der Waals surface area contributed by atoms with Crippen molar-refractivity contribution in [2.24, 2.45) is 0 Å². The Morgan fingerprint density at radius 1 is 0.762 bits per heavy atom. The maximum atomic E-state index is 3.10. The van der Waals surface area contributed by atoms with E-state index >= 15 is 0 Å². The smallest absolute Gasteiger partial charge is 0.0627 e. The third-order valence-corrected chi connectivity index (χ3v) is 5.34. The molecule has 1 radical (unpaired) electrons. The van der Waals surface area contributed by atoms with Gasteiger partial charge in [-0.2, -0.15) is 0 Å². The van der Waals surface area contributed by atoms with E-state index in [9.17, 15) is 0 Å². The first-order valence-electron chi connectivity index (χ1n) is 7.18. The van der Waals surface area contributed by atoms with E-state index in [0.29, 0.717) is 0 Å². The highest BCUT2D eigenvalue weighted by molar-refractivity contribution is 6.74. The van der Waals surface area contributed by atoms with Crippen molar-refractivity contribution in [2.45, 2.75) is 0 Å².